The molecule has 0 heterocycles. The Morgan fingerprint density at radius 3 is 2.10 bits per heavy atom. The highest BCUT2D eigenvalue weighted by Gasteiger charge is 2.17. The topological polar surface area (TPSA) is 55.8 Å². The average molecular weight is 320 g/mol. The van der Waals surface area contributed by atoms with Crippen LogP contribution in [0.3, 0.4) is 0 Å². The summed E-state index contributed by atoms with van der Waals surface area (Å²) in [4.78, 5) is 24.3. The highest BCUT2D eigenvalue weighted by molar-refractivity contribution is 6.35. The SMILES string of the molecule is COC(=O)CN(CC(=O)OC)Cc1ccc(Cl)cc1Cl. The number of hydrogen-bond donors (Lipinski definition) is 0. The van der Waals surface area contributed by atoms with E-state index in [4.69, 9.17) is 23.2 Å². The van der Waals surface area contributed by atoms with E-state index in [9.17, 15) is 9.59 Å². The molecule has 20 heavy (non-hydrogen) atoms. The molecule has 1 rings (SSSR count). The van der Waals surface area contributed by atoms with Gasteiger partial charge in [0, 0.05) is 16.6 Å². The van der Waals surface area contributed by atoms with Crippen LogP contribution in [0.25, 0.3) is 0 Å². The third-order valence-electron chi connectivity index (χ3n) is 2.57. The first-order valence-corrected chi connectivity index (χ1v) is 6.51. The van der Waals surface area contributed by atoms with Gasteiger partial charge in [0.05, 0.1) is 27.3 Å². The summed E-state index contributed by atoms with van der Waals surface area (Å²) < 4.78 is 9.19. The first kappa shape index (κ1) is 16.8. The molecule has 0 radical (unpaired) electrons. The summed E-state index contributed by atoms with van der Waals surface area (Å²) in [6.07, 6.45) is 0. The van der Waals surface area contributed by atoms with Crippen molar-refractivity contribution in [2.75, 3.05) is 27.3 Å². The monoisotopic (exact) mass is 319 g/mol. The fraction of sp³-hybridized carbons (Fsp3) is 0.385. The standard InChI is InChI=1S/C13H15Cl2NO4/c1-19-12(17)7-16(8-13(18)20-2)6-9-3-4-10(14)5-11(9)15/h3-5H,6-8H2,1-2H3. The summed E-state index contributed by atoms with van der Waals surface area (Å²) in [5, 5.41) is 0.989. The zero-order valence-electron chi connectivity index (χ0n) is 11.2. The molecule has 7 heteroatoms. The number of carbonyl (C=O) groups is 2. The van der Waals surface area contributed by atoms with Crippen LogP contribution in [0, 0.1) is 0 Å². The minimum Gasteiger partial charge on any atom is -0.468 e. The van der Waals surface area contributed by atoms with Crippen LogP contribution in [0.5, 0.6) is 0 Å². The lowest BCUT2D eigenvalue weighted by atomic mass is 10.2. The minimum absolute atomic E-state index is 0.0371. The molecule has 0 bridgehead atoms. The summed E-state index contributed by atoms with van der Waals surface area (Å²) in [7, 11) is 2.57. The van der Waals surface area contributed by atoms with Gasteiger partial charge in [-0.1, -0.05) is 29.3 Å². The number of esters is 2. The number of halogens is 2. The Labute approximate surface area is 127 Å². The van der Waals surface area contributed by atoms with E-state index in [2.05, 4.69) is 9.47 Å². The first-order chi connectivity index (χ1) is 9.46. The lowest BCUT2D eigenvalue weighted by Gasteiger charge is -2.20. The van der Waals surface area contributed by atoms with Crippen molar-refractivity contribution in [2.45, 2.75) is 6.54 Å². The van der Waals surface area contributed by atoms with Crippen LogP contribution in [0.4, 0.5) is 0 Å². The maximum atomic E-state index is 11.4. The predicted molar refractivity (Wildman–Crippen MR) is 75.8 cm³/mol. The molecule has 1 aromatic carbocycles. The summed E-state index contributed by atoms with van der Waals surface area (Å²) in [5.74, 6) is -0.891. The van der Waals surface area contributed by atoms with E-state index in [1.807, 2.05) is 0 Å². The van der Waals surface area contributed by atoms with E-state index in [1.165, 1.54) is 14.2 Å². The molecule has 0 aliphatic heterocycles. The Balaban J connectivity index is 2.81. The summed E-state index contributed by atoms with van der Waals surface area (Å²) >= 11 is 11.9. The average Bonchev–Trinajstić information content (AvgIpc) is 2.41. The molecular formula is C13H15Cl2NO4. The number of benzene rings is 1. The van der Waals surface area contributed by atoms with Crippen molar-refractivity contribution >= 4 is 35.1 Å². The van der Waals surface area contributed by atoms with Crippen molar-refractivity contribution < 1.29 is 19.1 Å². The fourth-order valence-electron chi connectivity index (χ4n) is 1.55. The largest absolute Gasteiger partial charge is 0.468 e. The number of methoxy groups -OCH3 is 2. The van der Waals surface area contributed by atoms with Crippen LogP contribution < -0.4 is 0 Å². The summed E-state index contributed by atoms with van der Waals surface area (Å²) in [6, 6.07) is 5.04. The van der Waals surface area contributed by atoms with Crippen molar-refractivity contribution in [3.05, 3.63) is 33.8 Å². The maximum Gasteiger partial charge on any atom is 0.319 e. The van der Waals surface area contributed by atoms with Crippen LogP contribution in [-0.2, 0) is 25.6 Å². The molecule has 0 amide bonds. The van der Waals surface area contributed by atoms with Crippen LogP contribution >= 0.6 is 23.2 Å². The van der Waals surface area contributed by atoms with Crippen LogP contribution in [0.15, 0.2) is 18.2 Å². The van der Waals surface area contributed by atoms with Crippen LogP contribution in [-0.4, -0.2) is 44.1 Å². The summed E-state index contributed by atoms with van der Waals surface area (Å²) in [6.45, 7) is 0.231. The van der Waals surface area contributed by atoms with Gasteiger partial charge in [0.1, 0.15) is 0 Å². The quantitative estimate of drug-likeness (QED) is 0.752. The van der Waals surface area contributed by atoms with Crippen molar-refractivity contribution in [3.63, 3.8) is 0 Å². The predicted octanol–water partition coefficient (Wildman–Crippen LogP) is 2.14. The lowest BCUT2D eigenvalue weighted by molar-refractivity contribution is -0.145. The third kappa shape index (κ3) is 5.36. The number of nitrogens with zero attached hydrogens (tertiary/aromatic N) is 1. The van der Waals surface area contributed by atoms with E-state index < -0.39 is 11.9 Å². The molecular weight excluding hydrogens is 305 g/mol. The van der Waals surface area contributed by atoms with Gasteiger partial charge in [0.2, 0.25) is 0 Å². The molecule has 0 aromatic heterocycles. The molecule has 0 N–H and O–H groups in total. The molecule has 0 unspecified atom stereocenters. The fourth-order valence-corrected chi connectivity index (χ4v) is 2.02. The zero-order chi connectivity index (χ0) is 15.1. The van der Waals surface area contributed by atoms with Gasteiger partial charge in [-0.05, 0) is 17.7 Å². The van der Waals surface area contributed by atoms with E-state index in [0.717, 1.165) is 5.56 Å². The van der Waals surface area contributed by atoms with E-state index in [1.54, 1.807) is 23.1 Å². The van der Waals surface area contributed by atoms with Crippen molar-refractivity contribution in [1.82, 2.24) is 4.90 Å². The molecule has 0 saturated carbocycles. The second-order valence-electron chi connectivity index (χ2n) is 4.03. The Morgan fingerprint density at radius 1 is 1.10 bits per heavy atom. The Kier molecular flexibility index (Phi) is 6.78. The van der Waals surface area contributed by atoms with Gasteiger partial charge in [-0.25, -0.2) is 0 Å². The van der Waals surface area contributed by atoms with Gasteiger partial charge in [-0.2, -0.15) is 0 Å². The second-order valence-corrected chi connectivity index (χ2v) is 4.88. The van der Waals surface area contributed by atoms with Gasteiger partial charge in [-0.15, -0.1) is 0 Å². The molecule has 110 valence electrons. The normalized spacial score (nSPS) is 10.4. The highest BCUT2D eigenvalue weighted by atomic mass is 35.5. The second kappa shape index (κ2) is 8.09. The van der Waals surface area contributed by atoms with Gasteiger partial charge in [0.15, 0.2) is 0 Å². The molecule has 0 spiro atoms. The maximum absolute atomic E-state index is 11.4. The van der Waals surface area contributed by atoms with Crippen molar-refractivity contribution in [3.8, 4) is 0 Å². The molecule has 5 nitrogen and oxygen atoms in total. The molecule has 0 fully saturated rings. The molecule has 0 aliphatic carbocycles. The van der Waals surface area contributed by atoms with Crippen LogP contribution in [0.1, 0.15) is 5.56 Å². The van der Waals surface area contributed by atoms with Crippen LogP contribution in [0.2, 0.25) is 10.0 Å². The van der Waals surface area contributed by atoms with Crippen molar-refractivity contribution in [2.24, 2.45) is 0 Å². The Hall–Kier alpha value is -1.30. The van der Waals surface area contributed by atoms with E-state index >= 15 is 0 Å². The molecule has 0 atom stereocenters. The minimum atomic E-state index is -0.445. The van der Waals surface area contributed by atoms with Crippen molar-refractivity contribution in [1.29, 1.82) is 0 Å². The van der Waals surface area contributed by atoms with Gasteiger partial charge in [0.25, 0.3) is 0 Å². The molecule has 0 saturated heterocycles. The zero-order valence-corrected chi connectivity index (χ0v) is 12.7. The Morgan fingerprint density at radius 2 is 1.65 bits per heavy atom. The smallest absolute Gasteiger partial charge is 0.319 e. The number of hydrogen-bond acceptors (Lipinski definition) is 5. The number of rotatable bonds is 6. The Bertz CT molecular complexity index is 475. The molecule has 1 aromatic rings. The number of ether oxygens (including phenoxy) is 2. The van der Waals surface area contributed by atoms with Gasteiger partial charge < -0.3 is 9.47 Å². The third-order valence-corrected chi connectivity index (χ3v) is 3.16. The number of carbonyl (C=O) groups excluding carboxylic acids is 2. The first-order valence-electron chi connectivity index (χ1n) is 5.76. The molecule has 0 aliphatic rings. The summed E-state index contributed by atoms with van der Waals surface area (Å²) in [5.41, 5.74) is 0.754. The lowest BCUT2D eigenvalue weighted by Crippen LogP contribution is -2.35. The van der Waals surface area contributed by atoms with E-state index in [0.29, 0.717) is 16.6 Å². The van der Waals surface area contributed by atoms with Gasteiger partial charge in [-0.3, -0.25) is 14.5 Å². The van der Waals surface area contributed by atoms with Gasteiger partial charge >= 0.3 is 11.9 Å². The highest BCUT2D eigenvalue weighted by Crippen LogP contribution is 2.22. The van der Waals surface area contributed by atoms with E-state index in [-0.39, 0.29) is 13.1 Å².